The fraction of sp³-hybridized carbons (Fsp3) is 0.393. The molecule has 3 aromatic heterocycles. The predicted octanol–water partition coefficient (Wildman–Crippen LogP) is 3.16. The largest absolute Gasteiger partial charge is 0.472 e. The van der Waals surface area contributed by atoms with Crippen molar-refractivity contribution in [3.63, 3.8) is 0 Å². The second-order valence-electron chi connectivity index (χ2n) is 10.4. The van der Waals surface area contributed by atoms with E-state index >= 15 is 0 Å². The average molecular weight is 598 g/mol. The second-order valence-corrected chi connectivity index (χ2v) is 10.9. The Balaban J connectivity index is 1.11. The van der Waals surface area contributed by atoms with Crippen LogP contribution in [0.3, 0.4) is 0 Å². The third kappa shape index (κ3) is 6.13. The fourth-order valence-corrected chi connectivity index (χ4v) is 5.33. The fourth-order valence-electron chi connectivity index (χ4n) is 5.17. The Morgan fingerprint density at radius 2 is 1.90 bits per heavy atom. The molecule has 1 unspecified atom stereocenters. The van der Waals surface area contributed by atoms with Crippen molar-refractivity contribution in [2.24, 2.45) is 16.7 Å². The number of aromatic nitrogens is 5. The first kappa shape index (κ1) is 28.2. The number of nitrogens with two attached hydrogens (primary N) is 2. The highest BCUT2D eigenvalue weighted by atomic mass is 35.5. The molecule has 1 atom stereocenters. The highest BCUT2D eigenvalue weighted by Crippen LogP contribution is 2.25. The normalized spacial score (nSPS) is 18.4. The van der Waals surface area contributed by atoms with Crippen LogP contribution in [-0.2, 0) is 24.2 Å². The molecule has 42 heavy (non-hydrogen) atoms. The highest BCUT2D eigenvalue weighted by molar-refractivity contribution is 6.30. The van der Waals surface area contributed by atoms with Gasteiger partial charge in [0.15, 0.2) is 5.84 Å². The number of fused-ring (bicyclic) bond motifs is 1. The zero-order valence-corrected chi connectivity index (χ0v) is 23.5. The number of hydrogen-bond acceptors (Lipinski definition) is 9. The Hall–Kier alpha value is -3.94. The van der Waals surface area contributed by atoms with Crippen molar-refractivity contribution >= 4 is 28.5 Å². The van der Waals surface area contributed by atoms with Crippen LogP contribution < -0.4 is 16.3 Å². The van der Waals surface area contributed by atoms with Crippen molar-refractivity contribution in [2.45, 2.75) is 51.0 Å². The molecule has 0 amide bonds. The van der Waals surface area contributed by atoms with E-state index in [1.807, 2.05) is 0 Å². The summed E-state index contributed by atoms with van der Waals surface area (Å²) in [6.45, 7) is 3.50. The number of rotatable bonds is 9. The molecule has 0 bridgehead atoms. The number of benzene rings is 1. The SMILES string of the molecule is NN=C(N)c1cc2nc(CN3CCC(Oc4nc(Cc5ccc(Cl)cc5F)ncc4F)CC3)n(CC3CCO3)c2cn1. The van der Waals surface area contributed by atoms with Crippen LogP contribution in [0.4, 0.5) is 8.78 Å². The van der Waals surface area contributed by atoms with Gasteiger partial charge in [0.2, 0.25) is 5.82 Å². The van der Waals surface area contributed by atoms with Gasteiger partial charge < -0.3 is 25.6 Å². The van der Waals surface area contributed by atoms with Crippen LogP contribution in [0, 0.1) is 11.6 Å². The summed E-state index contributed by atoms with van der Waals surface area (Å²) >= 11 is 5.84. The minimum absolute atomic E-state index is 0.0909. The van der Waals surface area contributed by atoms with Gasteiger partial charge in [-0.2, -0.15) is 14.5 Å². The Morgan fingerprint density at radius 1 is 1.10 bits per heavy atom. The van der Waals surface area contributed by atoms with E-state index in [9.17, 15) is 8.78 Å². The minimum Gasteiger partial charge on any atom is -0.472 e. The predicted molar refractivity (Wildman–Crippen MR) is 152 cm³/mol. The summed E-state index contributed by atoms with van der Waals surface area (Å²) in [7, 11) is 0. The molecule has 0 spiro atoms. The van der Waals surface area contributed by atoms with Gasteiger partial charge in [-0.25, -0.2) is 14.4 Å². The molecule has 2 aliphatic heterocycles. The maximum atomic E-state index is 14.5. The lowest BCUT2D eigenvalue weighted by atomic mass is 10.1. The van der Waals surface area contributed by atoms with Crippen molar-refractivity contribution in [2.75, 3.05) is 19.7 Å². The average Bonchev–Trinajstić information content (AvgIpc) is 3.30. The Morgan fingerprint density at radius 3 is 2.62 bits per heavy atom. The molecule has 2 aliphatic rings. The van der Waals surface area contributed by atoms with Crippen LogP contribution in [0.15, 0.2) is 41.8 Å². The number of halogens is 3. The summed E-state index contributed by atoms with van der Waals surface area (Å²) in [6, 6.07) is 6.16. The van der Waals surface area contributed by atoms with E-state index in [1.165, 1.54) is 6.07 Å². The van der Waals surface area contributed by atoms with Gasteiger partial charge in [0.25, 0.3) is 5.88 Å². The second kappa shape index (κ2) is 12.1. The highest BCUT2D eigenvalue weighted by Gasteiger charge is 2.26. The summed E-state index contributed by atoms with van der Waals surface area (Å²) in [5, 5.41) is 3.83. The molecule has 5 heterocycles. The quantitative estimate of drug-likeness (QED) is 0.129. The minimum atomic E-state index is -0.655. The van der Waals surface area contributed by atoms with E-state index in [4.69, 9.17) is 37.6 Å². The van der Waals surface area contributed by atoms with E-state index < -0.39 is 11.6 Å². The molecule has 0 radical (unpaired) electrons. The van der Waals surface area contributed by atoms with Gasteiger partial charge in [0, 0.05) is 31.1 Å². The lowest BCUT2D eigenvalue weighted by Crippen LogP contribution is -2.39. The van der Waals surface area contributed by atoms with Crippen molar-refractivity contribution < 1.29 is 18.3 Å². The number of nitrogens with zero attached hydrogens (tertiary/aromatic N) is 7. The lowest BCUT2D eigenvalue weighted by Gasteiger charge is -2.32. The van der Waals surface area contributed by atoms with Crippen LogP contribution in [0.25, 0.3) is 11.0 Å². The standard InChI is InChI=1S/C28H30ClF2N9O2/c29-17-2-1-16(20(30)10-17)9-25-35-12-21(31)28(37-25)42-18-3-6-39(7-4-18)15-26-36-22-11-23(27(32)38-33)34-13-24(22)40(26)14-19-5-8-41-19/h1-2,10-13,18-19H,3-9,14-15,33H2,(H2,32,38). The molecular weight excluding hydrogens is 568 g/mol. The van der Waals surface area contributed by atoms with E-state index in [1.54, 1.807) is 24.4 Å². The van der Waals surface area contributed by atoms with Gasteiger partial charge in [-0.05, 0) is 43.0 Å². The molecule has 2 saturated heterocycles. The third-order valence-electron chi connectivity index (χ3n) is 7.60. The summed E-state index contributed by atoms with van der Waals surface area (Å²) in [5.41, 5.74) is 8.34. The van der Waals surface area contributed by atoms with Crippen molar-refractivity contribution in [1.29, 1.82) is 0 Å². The lowest BCUT2D eigenvalue weighted by molar-refractivity contribution is -0.0592. The molecule has 1 aromatic carbocycles. The molecule has 4 N–H and O–H groups in total. The monoisotopic (exact) mass is 597 g/mol. The number of imidazole rings is 1. The molecule has 220 valence electrons. The molecule has 14 heteroatoms. The Labute approximate surface area is 245 Å². The van der Waals surface area contributed by atoms with Gasteiger partial charge >= 0.3 is 0 Å². The van der Waals surface area contributed by atoms with Crippen molar-refractivity contribution in [3.8, 4) is 5.88 Å². The number of hydrogen-bond donors (Lipinski definition) is 2. The van der Waals surface area contributed by atoms with Crippen molar-refractivity contribution in [3.05, 3.63) is 76.2 Å². The smallest absolute Gasteiger partial charge is 0.254 e. The summed E-state index contributed by atoms with van der Waals surface area (Å²) in [4.78, 5) is 19.8. The van der Waals surface area contributed by atoms with E-state index in [2.05, 4.69) is 29.5 Å². The van der Waals surface area contributed by atoms with Gasteiger partial charge in [-0.3, -0.25) is 9.88 Å². The van der Waals surface area contributed by atoms with Gasteiger partial charge in [-0.1, -0.05) is 17.7 Å². The zero-order chi connectivity index (χ0) is 29.2. The van der Waals surface area contributed by atoms with Crippen LogP contribution in [0.1, 0.15) is 42.2 Å². The third-order valence-corrected chi connectivity index (χ3v) is 7.83. The number of amidine groups is 1. The van der Waals surface area contributed by atoms with Crippen LogP contribution in [0.2, 0.25) is 5.02 Å². The first-order chi connectivity index (χ1) is 20.4. The van der Waals surface area contributed by atoms with Gasteiger partial charge in [-0.15, -0.1) is 0 Å². The molecule has 6 rings (SSSR count). The maximum absolute atomic E-state index is 14.5. The van der Waals surface area contributed by atoms with Gasteiger partial charge in [0.05, 0.1) is 42.6 Å². The summed E-state index contributed by atoms with van der Waals surface area (Å²) < 4.78 is 42.6. The molecule has 4 aromatic rings. The van der Waals surface area contributed by atoms with E-state index in [0.29, 0.717) is 42.2 Å². The number of hydrazone groups is 1. The van der Waals surface area contributed by atoms with Crippen LogP contribution in [0.5, 0.6) is 5.88 Å². The molecule has 2 fully saturated rings. The Bertz CT molecular complexity index is 1620. The Kier molecular flexibility index (Phi) is 8.13. The molecule has 11 nitrogen and oxygen atoms in total. The summed E-state index contributed by atoms with van der Waals surface area (Å²) in [6.07, 6.45) is 5.15. The van der Waals surface area contributed by atoms with E-state index in [0.717, 1.165) is 49.2 Å². The van der Waals surface area contributed by atoms with Crippen LogP contribution >= 0.6 is 11.6 Å². The van der Waals surface area contributed by atoms with Gasteiger partial charge in [0.1, 0.15) is 29.3 Å². The van der Waals surface area contributed by atoms with Crippen LogP contribution in [-0.4, -0.2) is 67.1 Å². The molecular formula is C28H30ClF2N9O2. The number of ether oxygens (including phenoxy) is 2. The van der Waals surface area contributed by atoms with Crippen molar-refractivity contribution in [1.82, 2.24) is 29.4 Å². The number of piperidine rings is 1. The number of pyridine rings is 1. The zero-order valence-electron chi connectivity index (χ0n) is 22.7. The van der Waals surface area contributed by atoms with E-state index in [-0.39, 0.29) is 36.2 Å². The maximum Gasteiger partial charge on any atom is 0.254 e. The first-order valence-electron chi connectivity index (χ1n) is 13.7. The first-order valence-corrected chi connectivity index (χ1v) is 14.1. The molecule has 0 saturated carbocycles. The molecule has 0 aliphatic carbocycles. The summed E-state index contributed by atoms with van der Waals surface area (Å²) in [5.74, 6) is 5.38. The number of likely N-dealkylation sites (tertiary alicyclic amines) is 1. The topological polar surface area (TPSA) is 143 Å².